The number of halogens is 1. The summed E-state index contributed by atoms with van der Waals surface area (Å²) in [4.78, 5) is 0.456. The molecule has 0 bridgehead atoms. The van der Waals surface area contributed by atoms with E-state index in [-0.39, 0.29) is 10.6 Å². The number of thiophene rings is 1. The third-order valence-corrected chi connectivity index (χ3v) is 4.36. The van der Waals surface area contributed by atoms with E-state index in [1.54, 1.807) is 18.2 Å². The largest absolute Gasteiger partial charge is 0.397 e. The normalized spacial score (nSPS) is 11.6. The number of nitrogens with two attached hydrogens (primary N) is 1. The topological polar surface area (TPSA) is 80.4 Å². The summed E-state index contributed by atoms with van der Waals surface area (Å²) < 4.78 is 31.8. The number of anilines is 1. The van der Waals surface area contributed by atoms with Gasteiger partial charge in [-0.2, -0.15) is 8.42 Å². The molecular formula is C10H8ClNO3S2. The Morgan fingerprint density at radius 3 is 2.47 bits per heavy atom. The molecule has 0 aliphatic heterocycles. The van der Waals surface area contributed by atoms with Crippen LogP contribution in [0.1, 0.15) is 0 Å². The maximum absolute atomic E-state index is 11.1. The van der Waals surface area contributed by atoms with E-state index in [1.165, 1.54) is 23.5 Å². The molecule has 1 heterocycles. The van der Waals surface area contributed by atoms with Gasteiger partial charge in [-0.05, 0) is 18.2 Å². The maximum Gasteiger partial charge on any atom is 0.296 e. The van der Waals surface area contributed by atoms with Crippen LogP contribution in [0.4, 0.5) is 5.69 Å². The molecule has 0 amide bonds. The predicted molar refractivity (Wildman–Crippen MR) is 69.0 cm³/mol. The Morgan fingerprint density at radius 2 is 1.94 bits per heavy atom. The van der Waals surface area contributed by atoms with Crippen molar-refractivity contribution in [2.45, 2.75) is 4.90 Å². The molecule has 0 aliphatic carbocycles. The van der Waals surface area contributed by atoms with Crippen LogP contribution in [-0.4, -0.2) is 13.0 Å². The van der Waals surface area contributed by atoms with Gasteiger partial charge < -0.3 is 5.73 Å². The summed E-state index contributed by atoms with van der Waals surface area (Å²) in [6, 6.07) is 7.88. The van der Waals surface area contributed by atoms with Crippen molar-refractivity contribution < 1.29 is 13.0 Å². The molecule has 1 aromatic carbocycles. The highest BCUT2D eigenvalue weighted by Crippen LogP contribution is 2.36. The lowest BCUT2D eigenvalue weighted by molar-refractivity contribution is 0.483. The van der Waals surface area contributed by atoms with Gasteiger partial charge in [0.15, 0.2) is 0 Å². The van der Waals surface area contributed by atoms with Crippen molar-refractivity contribution >= 4 is 38.7 Å². The molecule has 2 aromatic rings. The highest BCUT2D eigenvalue weighted by Gasteiger charge is 2.17. The van der Waals surface area contributed by atoms with Gasteiger partial charge in [-0.1, -0.05) is 23.7 Å². The number of hydrogen-bond donors (Lipinski definition) is 2. The number of para-hydroxylation sites is 1. The third-order valence-electron chi connectivity index (χ3n) is 2.18. The number of benzene rings is 1. The molecule has 4 nitrogen and oxygen atoms in total. The Labute approximate surface area is 107 Å². The van der Waals surface area contributed by atoms with Crippen LogP contribution < -0.4 is 5.73 Å². The molecule has 0 saturated carbocycles. The van der Waals surface area contributed by atoms with Gasteiger partial charge in [0.05, 0.1) is 10.0 Å². The molecule has 0 unspecified atom stereocenters. The summed E-state index contributed by atoms with van der Waals surface area (Å²) in [6.07, 6.45) is 0. The van der Waals surface area contributed by atoms with Crippen molar-refractivity contribution in [1.29, 1.82) is 0 Å². The molecule has 0 spiro atoms. The number of nitrogen functional groups attached to an aromatic ring is 1. The summed E-state index contributed by atoms with van der Waals surface area (Å²) in [6.45, 7) is 0. The fourth-order valence-corrected chi connectivity index (χ4v) is 3.16. The predicted octanol–water partition coefficient (Wildman–Crippen LogP) is 2.90. The summed E-state index contributed by atoms with van der Waals surface area (Å²) >= 11 is 7.09. The van der Waals surface area contributed by atoms with E-state index >= 15 is 0 Å². The van der Waals surface area contributed by atoms with Crippen LogP contribution in [0.3, 0.4) is 0 Å². The Kier molecular flexibility index (Phi) is 3.13. The zero-order valence-electron chi connectivity index (χ0n) is 8.42. The van der Waals surface area contributed by atoms with Crippen molar-refractivity contribution in [3.8, 4) is 10.4 Å². The van der Waals surface area contributed by atoms with Crippen LogP contribution in [0.15, 0.2) is 35.2 Å². The second-order valence-electron chi connectivity index (χ2n) is 3.30. The Hall–Kier alpha value is -1.08. The fourth-order valence-electron chi connectivity index (χ4n) is 1.44. The molecule has 0 atom stereocenters. The van der Waals surface area contributed by atoms with Crippen LogP contribution in [0.25, 0.3) is 10.4 Å². The smallest absolute Gasteiger partial charge is 0.296 e. The molecule has 0 aliphatic rings. The molecule has 2 rings (SSSR count). The van der Waals surface area contributed by atoms with Crippen molar-refractivity contribution in [1.82, 2.24) is 0 Å². The monoisotopic (exact) mass is 289 g/mol. The van der Waals surface area contributed by atoms with Crippen LogP contribution in [-0.2, 0) is 10.1 Å². The molecule has 90 valence electrons. The van der Waals surface area contributed by atoms with Crippen LogP contribution in [0.2, 0.25) is 4.34 Å². The lowest BCUT2D eigenvalue weighted by Crippen LogP contribution is -2.03. The summed E-state index contributed by atoms with van der Waals surface area (Å²) in [5.74, 6) is 0. The molecular weight excluding hydrogens is 282 g/mol. The summed E-state index contributed by atoms with van der Waals surface area (Å²) in [5.41, 5.74) is 6.30. The van der Waals surface area contributed by atoms with Gasteiger partial charge in [-0.25, -0.2) is 0 Å². The lowest BCUT2D eigenvalue weighted by atomic mass is 10.1. The van der Waals surface area contributed by atoms with Gasteiger partial charge in [0, 0.05) is 10.4 Å². The van der Waals surface area contributed by atoms with Crippen LogP contribution in [0, 0.1) is 0 Å². The molecule has 0 saturated heterocycles. The molecule has 3 N–H and O–H groups in total. The summed E-state index contributed by atoms with van der Waals surface area (Å²) in [5, 5.41) is 0. The van der Waals surface area contributed by atoms with E-state index in [4.69, 9.17) is 21.9 Å². The van der Waals surface area contributed by atoms with Crippen LogP contribution >= 0.6 is 22.9 Å². The quantitative estimate of drug-likeness (QED) is 0.658. The average Bonchev–Trinajstić information content (AvgIpc) is 2.63. The van der Waals surface area contributed by atoms with Gasteiger partial charge in [0.25, 0.3) is 10.1 Å². The van der Waals surface area contributed by atoms with Crippen molar-refractivity contribution in [2.75, 3.05) is 5.73 Å². The maximum atomic E-state index is 11.1. The highest BCUT2D eigenvalue weighted by atomic mass is 35.5. The van der Waals surface area contributed by atoms with E-state index in [9.17, 15) is 8.42 Å². The molecule has 1 aromatic heterocycles. The molecule has 0 fully saturated rings. The second kappa shape index (κ2) is 4.30. The van der Waals surface area contributed by atoms with Gasteiger partial charge in [0.2, 0.25) is 0 Å². The standard InChI is InChI=1S/C10H8ClNO3S2/c11-9-5-4-7(16-9)6-2-1-3-8(10(6)12)17(13,14)15/h1-5H,12H2,(H,13,14,15). The minimum atomic E-state index is -4.31. The molecule has 7 heteroatoms. The second-order valence-corrected chi connectivity index (χ2v) is 6.40. The average molecular weight is 290 g/mol. The van der Waals surface area contributed by atoms with Crippen molar-refractivity contribution in [2.24, 2.45) is 0 Å². The summed E-state index contributed by atoms with van der Waals surface area (Å²) in [7, 11) is -4.31. The zero-order chi connectivity index (χ0) is 12.6. The minimum Gasteiger partial charge on any atom is -0.397 e. The Bertz CT molecular complexity index is 664. The molecule has 17 heavy (non-hydrogen) atoms. The highest BCUT2D eigenvalue weighted by molar-refractivity contribution is 7.86. The first kappa shape index (κ1) is 12.4. The first-order chi connectivity index (χ1) is 7.89. The minimum absolute atomic E-state index is 0.0218. The van der Waals surface area contributed by atoms with E-state index in [2.05, 4.69) is 0 Å². The van der Waals surface area contributed by atoms with Crippen LogP contribution in [0.5, 0.6) is 0 Å². The van der Waals surface area contributed by atoms with Crippen molar-refractivity contribution in [3.63, 3.8) is 0 Å². The van der Waals surface area contributed by atoms with Gasteiger partial charge in [0.1, 0.15) is 4.90 Å². The fraction of sp³-hybridized carbons (Fsp3) is 0. The van der Waals surface area contributed by atoms with Gasteiger partial charge >= 0.3 is 0 Å². The first-order valence-corrected chi connectivity index (χ1v) is 7.15. The third kappa shape index (κ3) is 2.44. The van der Waals surface area contributed by atoms with E-state index in [0.29, 0.717) is 9.90 Å². The number of rotatable bonds is 2. The SMILES string of the molecule is Nc1c(-c2ccc(Cl)s2)cccc1S(=O)(=O)O. The van der Waals surface area contributed by atoms with E-state index in [1.807, 2.05) is 0 Å². The number of hydrogen-bond acceptors (Lipinski definition) is 4. The first-order valence-electron chi connectivity index (χ1n) is 4.51. The van der Waals surface area contributed by atoms with Gasteiger partial charge in [-0.3, -0.25) is 4.55 Å². The van der Waals surface area contributed by atoms with Gasteiger partial charge in [-0.15, -0.1) is 11.3 Å². The molecule has 0 radical (unpaired) electrons. The van der Waals surface area contributed by atoms with E-state index < -0.39 is 10.1 Å². The van der Waals surface area contributed by atoms with Crippen molar-refractivity contribution in [3.05, 3.63) is 34.7 Å². The van der Waals surface area contributed by atoms with E-state index in [0.717, 1.165) is 4.88 Å². The zero-order valence-corrected chi connectivity index (χ0v) is 10.8. The Balaban J connectivity index is 2.65. The Morgan fingerprint density at radius 1 is 1.24 bits per heavy atom. The lowest BCUT2D eigenvalue weighted by Gasteiger charge is -2.07.